The van der Waals surface area contributed by atoms with Gasteiger partial charge in [-0.25, -0.2) is 0 Å². The van der Waals surface area contributed by atoms with Gasteiger partial charge in [0.05, 0.1) is 0 Å². The Kier molecular flexibility index (Phi) is 61.2. The van der Waals surface area contributed by atoms with Crippen molar-refractivity contribution in [3.8, 4) is 0 Å². The number of rotatable bonds is 60. The average Bonchev–Trinajstić information content (AvgIpc) is 3.41. The van der Waals surface area contributed by atoms with Crippen LogP contribution >= 0.6 is 0 Å². The predicted molar refractivity (Wildman–Crippen MR) is 325 cm³/mol. The number of esters is 3. The highest BCUT2D eigenvalue weighted by molar-refractivity contribution is 5.71. The lowest BCUT2D eigenvalue weighted by molar-refractivity contribution is -0.167. The number of ether oxygens (including phenoxy) is 3. The van der Waals surface area contributed by atoms with Crippen LogP contribution in [0.3, 0.4) is 0 Å². The topological polar surface area (TPSA) is 78.9 Å². The summed E-state index contributed by atoms with van der Waals surface area (Å²) >= 11 is 0. The molecule has 0 radical (unpaired) electrons. The highest BCUT2D eigenvalue weighted by Gasteiger charge is 2.19. The summed E-state index contributed by atoms with van der Waals surface area (Å²) in [6, 6.07) is 0. The van der Waals surface area contributed by atoms with Gasteiger partial charge >= 0.3 is 17.9 Å². The van der Waals surface area contributed by atoms with Gasteiger partial charge < -0.3 is 14.2 Å². The number of carbonyl (C=O) groups is 3. The van der Waals surface area contributed by atoms with Crippen LogP contribution in [0.4, 0.5) is 0 Å². The van der Waals surface area contributed by atoms with Crippen molar-refractivity contribution in [1.82, 2.24) is 0 Å². The summed E-state index contributed by atoms with van der Waals surface area (Å²) in [4.78, 5) is 38.2. The number of carbonyl (C=O) groups excluding carboxylic acids is 3. The number of unbranched alkanes of at least 4 members (excludes halogenated alkanes) is 39. The monoisotopic (exact) mass is 1050 g/mol. The first-order valence-corrected chi connectivity index (χ1v) is 32.8. The summed E-state index contributed by atoms with van der Waals surface area (Å²) in [6.45, 7) is 6.62. The molecule has 6 nitrogen and oxygen atoms in total. The normalized spacial score (nSPS) is 12.4. The summed E-state index contributed by atoms with van der Waals surface area (Å²) in [6.07, 6.45) is 81.0. The van der Waals surface area contributed by atoms with E-state index >= 15 is 0 Å². The van der Waals surface area contributed by atoms with Gasteiger partial charge in [-0.15, -0.1) is 0 Å². The van der Waals surface area contributed by atoms with Crippen molar-refractivity contribution in [3.63, 3.8) is 0 Å². The fourth-order valence-corrected chi connectivity index (χ4v) is 9.50. The Morgan fingerprint density at radius 1 is 0.267 bits per heavy atom. The molecule has 0 rings (SSSR count). The molecule has 0 bridgehead atoms. The third-order valence-corrected chi connectivity index (χ3v) is 14.5. The number of hydrogen-bond donors (Lipinski definition) is 0. The lowest BCUT2D eigenvalue weighted by Crippen LogP contribution is -2.30. The Hall–Kier alpha value is -2.89. The second-order valence-electron chi connectivity index (χ2n) is 22.0. The number of hydrogen-bond acceptors (Lipinski definition) is 6. The Bertz CT molecular complexity index is 1340. The van der Waals surface area contributed by atoms with Crippen molar-refractivity contribution in [2.45, 2.75) is 348 Å². The van der Waals surface area contributed by atoms with Crippen molar-refractivity contribution < 1.29 is 28.6 Å². The summed E-state index contributed by atoms with van der Waals surface area (Å²) in [5.41, 5.74) is 0. The maximum absolute atomic E-state index is 12.9. The minimum absolute atomic E-state index is 0.0774. The van der Waals surface area contributed by atoms with Crippen LogP contribution in [0.15, 0.2) is 60.8 Å². The van der Waals surface area contributed by atoms with Crippen molar-refractivity contribution >= 4 is 17.9 Å². The first-order chi connectivity index (χ1) is 37.0. The van der Waals surface area contributed by atoms with E-state index in [4.69, 9.17) is 14.2 Å². The molecule has 0 amide bonds. The molecule has 75 heavy (non-hydrogen) atoms. The standard InChI is InChI=1S/C69H124O6/c1-4-7-10-13-16-19-22-25-27-28-29-30-31-32-33-34-35-36-37-38-39-40-41-42-43-45-47-50-53-56-59-62-68(71)74-65-66(64-73-67(70)61-58-55-52-49-46-24-21-18-15-12-9-6-3)75-69(72)63-60-57-54-51-48-44-26-23-20-17-14-11-8-5-2/h18,21-23,25-26,28-29,31-32,66H,4-17,19-20,24,27,30,33-65H2,1-3H3/b21-18-,25-22-,26-23-,29-28-,32-31-. The van der Waals surface area contributed by atoms with E-state index in [1.54, 1.807) is 0 Å². The Morgan fingerprint density at radius 3 is 0.787 bits per heavy atom. The van der Waals surface area contributed by atoms with Crippen LogP contribution in [0, 0.1) is 0 Å². The van der Waals surface area contributed by atoms with Crippen LogP contribution in [0.2, 0.25) is 0 Å². The van der Waals surface area contributed by atoms with E-state index < -0.39 is 6.10 Å². The van der Waals surface area contributed by atoms with E-state index in [1.807, 2.05) is 0 Å². The van der Waals surface area contributed by atoms with Gasteiger partial charge in [-0.05, 0) is 109 Å². The van der Waals surface area contributed by atoms with E-state index in [0.717, 1.165) is 89.9 Å². The quantitative estimate of drug-likeness (QED) is 0.0261. The molecule has 436 valence electrons. The third-order valence-electron chi connectivity index (χ3n) is 14.5. The van der Waals surface area contributed by atoms with Gasteiger partial charge in [0.25, 0.3) is 0 Å². The SMILES string of the molecule is CCCCC/C=C\CCCCCCCC(=O)OCC(COC(=O)CCCCCCCCCCCCCCCCCC/C=C\C/C=C\C/C=C\CCCCCCC)OC(=O)CCCCCCC/C=C\CCCCCCC. The van der Waals surface area contributed by atoms with Gasteiger partial charge in [0.2, 0.25) is 0 Å². The molecular weight excluding hydrogens is 925 g/mol. The van der Waals surface area contributed by atoms with Gasteiger partial charge in [0.15, 0.2) is 6.10 Å². The smallest absolute Gasteiger partial charge is 0.306 e. The lowest BCUT2D eigenvalue weighted by Gasteiger charge is -2.18. The molecule has 0 heterocycles. The van der Waals surface area contributed by atoms with E-state index in [1.165, 1.54) is 212 Å². The summed E-state index contributed by atoms with van der Waals surface area (Å²) in [5, 5.41) is 0. The number of allylic oxidation sites excluding steroid dienone is 10. The van der Waals surface area contributed by atoms with Crippen molar-refractivity contribution in [3.05, 3.63) is 60.8 Å². The summed E-state index contributed by atoms with van der Waals surface area (Å²) in [5.74, 6) is -0.880. The van der Waals surface area contributed by atoms with Gasteiger partial charge in [-0.1, -0.05) is 274 Å². The van der Waals surface area contributed by atoms with Crippen molar-refractivity contribution in [1.29, 1.82) is 0 Å². The van der Waals surface area contributed by atoms with Gasteiger partial charge in [0, 0.05) is 19.3 Å². The minimum atomic E-state index is -0.780. The summed E-state index contributed by atoms with van der Waals surface area (Å²) in [7, 11) is 0. The Labute approximate surface area is 466 Å². The molecule has 0 fully saturated rings. The van der Waals surface area contributed by atoms with E-state index in [9.17, 15) is 14.4 Å². The fraction of sp³-hybridized carbons (Fsp3) is 0.812. The highest BCUT2D eigenvalue weighted by atomic mass is 16.6. The molecule has 0 spiro atoms. The van der Waals surface area contributed by atoms with Gasteiger partial charge in [0.1, 0.15) is 13.2 Å². The fourth-order valence-electron chi connectivity index (χ4n) is 9.50. The third kappa shape index (κ3) is 61.8. The largest absolute Gasteiger partial charge is 0.462 e. The first kappa shape index (κ1) is 72.1. The predicted octanol–water partition coefficient (Wildman–Crippen LogP) is 22.3. The highest BCUT2D eigenvalue weighted by Crippen LogP contribution is 2.17. The van der Waals surface area contributed by atoms with Crippen LogP contribution in [0.1, 0.15) is 342 Å². The molecular formula is C69H124O6. The zero-order chi connectivity index (χ0) is 54.3. The van der Waals surface area contributed by atoms with Crippen LogP contribution in [-0.2, 0) is 28.6 Å². The van der Waals surface area contributed by atoms with E-state index in [0.29, 0.717) is 19.3 Å². The maximum Gasteiger partial charge on any atom is 0.306 e. The molecule has 1 atom stereocenters. The molecule has 0 aliphatic carbocycles. The zero-order valence-corrected chi connectivity index (χ0v) is 50.1. The molecule has 0 saturated heterocycles. The second-order valence-corrected chi connectivity index (χ2v) is 22.0. The van der Waals surface area contributed by atoms with Crippen molar-refractivity contribution in [2.24, 2.45) is 0 Å². The van der Waals surface area contributed by atoms with Crippen LogP contribution in [0.5, 0.6) is 0 Å². The van der Waals surface area contributed by atoms with Crippen LogP contribution in [-0.4, -0.2) is 37.2 Å². The summed E-state index contributed by atoms with van der Waals surface area (Å²) < 4.78 is 16.9. The zero-order valence-electron chi connectivity index (χ0n) is 50.1. The van der Waals surface area contributed by atoms with Crippen LogP contribution in [0.25, 0.3) is 0 Å². The Morgan fingerprint density at radius 2 is 0.480 bits per heavy atom. The average molecular weight is 1050 g/mol. The first-order valence-electron chi connectivity index (χ1n) is 32.8. The van der Waals surface area contributed by atoms with Gasteiger partial charge in [-0.2, -0.15) is 0 Å². The molecule has 0 aromatic rings. The second kappa shape index (κ2) is 63.6. The molecule has 0 N–H and O–H groups in total. The maximum atomic E-state index is 12.9. The lowest BCUT2D eigenvalue weighted by atomic mass is 10.0. The van der Waals surface area contributed by atoms with Crippen LogP contribution < -0.4 is 0 Å². The van der Waals surface area contributed by atoms with E-state index in [2.05, 4.69) is 81.5 Å². The van der Waals surface area contributed by atoms with E-state index in [-0.39, 0.29) is 31.1 Å². The van der Waals surface area contributed by atoms with Gasteiger partial charge in [-0.3, -0.25) is 14.4 Å². The molecule has 1 unspecified atom stereocenters. The Balaban J connectivity index is 4.14. The molecule has 0 aliphatic rings. The van der Waals surface area contributed by atoms with Crippen molar-refractivity contribution in [2.75, 3.05) is 13.2 Å². The molecule has 0 aromatic carbocycles. The molecule has 0 saturated carbocycles. The minimum Gasteiger partial charge on any atom is -0.462 e. The molecule has 0 aliphatic heterocycles. The molecule has 6 heteroatoms. The molecule has 0 aromatic heterocycles.